The Bertz CT molecular complexity index is 973. The fraction of sp³-hybridized carbons (Fsp3) is 0.412. The van der Waals surface area contributed by atoms with Crippen LogP contribution >= 0.6 is 12.4 Å². The summed E-state index contributed by atoms with van der Waals surface area (Å²) in [6.45, 7) is 4.03. The molecule has 1 fully saturated rings. The molecule has 6 nitrogen and oxygen atoms in total. The highest BCUT2D eigenvalue weighted by molar-refractivity contribution is 5.95. The average molecular weight is 369 g/mol. The lowest BCUT2D eigenvalue weighted by atomic mass is 9.97. The van der Waals surface area contributed by atoms with Gasteiger partial charge in [-0.05, 0) is 25.3 Å². The molecule has 0 radical (unpaired) electrons. The Labute approximate surface area is 148 Å². The van der Waals surface area contributed by atoms with Gasteiger partial charge < -0.3 is 20.1 Å². The number of carbonyl (C=O) groups is 1. The molecule has 1 saturated carbocycles. The monoisotopic (exact) mass is 368 g/mol. The Balaban J connectivity index is 0.00000182. The second-order valence-electron chi connectivity index (χ2n) is 6.85. The number of aromatic nitrogens is 1. The molecule has 1 aliphatic heterocycles. The molecular formula is C17H18ClFN2O4. The predicted molar refractivity (Wildman–Crippen MR) is 92.2 cm³/mol. The standard InChI is InChI=1S/C17H17FN2O4.ClH/c1-7-4-17(7,19)12-11(18)3-9-13-15(12)24-6-8(2)20(13)5-10(14(9)21)16(22)23;/h3,5,7-8H,4,6,19H2,1-2H3,(H,22,23);1H/t7?,8?,17-;/m0./s1. The van der Waals surface area contributed by atoms with Crippen LogP contribution in [0.25, 0.3) is 10.9 Å². The first kappa shape index (κ1) is 17.7. The van der Waals surface area contributed by atoms with Crippen molar-refractivity contribution in [2.45, 2.75) is 31.8 Å². The van der Waals surface area contributed by atoms with Crippen LogP contribution in [-0.2, 0) is 5.54 Å². The maximum atomic E-state index is 14.8. The van der Waals surface area contributed by atoms with E-state index in [0.29, 0.717) is 11.9 Å². The van der Waals surface area contributed by atoms with Crippen LogP contribution < -0.4 is 15.9 Å². The normalized spacial score (nSPS) is 26.7. The molecule has 0 saturated heterocycles. The van der Waals surface area contributed by atoms with Crippen molar-refractivity contribution in [3.8, 4) is 5.75 Å². The second-order valence-corrected chi connectivity index (χ2v) is 6.85. The molecule has 3 N–H and O–H groups in total. The van der Waals surface area contributed by atoms with Gasteiger partial charge in [0.25, 0.3) is 0 Å². The Kier molecular flexibility index (Phi) is 3.85. The summed E-state index contributed by atoms with van der Waals surface area (Å²) in [5.41, 5.74) is 5.11. The number of nitrogens with two attached hydrogens (primary N) is 1. The molecule has 2 aromatic rings. The van der Waals surface area contributed by atoms with Crippen molar-refractivity contribution in [1.29, 1.82) is 0 Å². The summed E-state index contributed by atoms with van der Waals surface area (Å²) in [6.07, 6.45) is 1.95. The van der Waals surface area contributed by atoms with E-state index in [4.69, 9.17) is 10.5 Å². The zero-order chi connectivity index (χ0) is 17.4. The first-order chi connectivity index (χ1) is 11.3. The lowest BCUT2D eigenvalue weighted by Gasteiger charge is -2.30. The highest BCUT2D eigenvalue weighted by Crippen LogP contribution is 2.54. The Hall–Kier alpha value is -2.12. The molecule has 4 rings (SSSR count). The SMILES string of the molecule is CC1COc2c([C@]3(N)CC3C)c(F)cc3c(=O)c(C(=O)O)cn1c23.Cl. The number of rotatable bonds is 2. The van der Waals surface area contributed by atoms with Crippen LogP contribution in [0.1, 0.15) is 42.2 Å². The summed E-state index contributed by atoms with van der Waals surface area (Å²) in [5.74, 6) is -1.57. The zero-order valence-electron chi connectivity index (χ0n) is 13.7. The van der Waals surface area contributed by atoms with Crippen molar-refractivity contribution in [1.82, 2.24) is 4.57 Å². The lowest BCUT2D eigenvalue weighted by molar-refractivity contribution is 0.0694. The maximum Gasteiger partial charge on any atom is 0.341 e. The third kappa shape index (κ3) is 2.26. The van der Waals surface area contributed by atoms with Gasteiger partial charge in [-0.25, -0.2) is 9.18 Å². The van der Waals surface area contributed by atoms with Gasteiger partial charge in [0.05, 0.1) is 28.0 Å². The van der Waals surface area contributed by atoms with Crippen molar-refractivity contribution < 1.29 is 19.0 Å². The van der Waals surface area contributed by atoms with Gasteiger partial charge >= 0.3 is 5.97 Å². The Morgan fingerprint density at radius 1 is 1.48 bits per heavy atom. The number of benzene rings is 1. The minimum Gasteiger partial charge on any atom is -0.489 e. The van der Waals surface area contributed by atoms with E-state index in [2.05, 4.69) is 0 Å². The lowest BCUT2D eigenvalue weighted by Crippen LogP contribution is -2.30. The first-order valence-corrected chi connectivity index (χ1v) is 7.82. The largest absolute Gasteiger partial charge is 0.489 e. The molecule has 2 unspecified atom stereocenters. The number of hydrogen-bond donors (Lipinski definition) is 2. The predicted octanol–water partition coefficient (Wildman–Crippen LogP) is 2.41. The van der Waals surface area contributed by atoms with Crippen LogP contribution in [0.2, 0.25) is 0 Å². The van der Waals surface area contributed by atoms with Gasteiger partial charge in [0.2, 0.25) is 5.43 Å². The second kappa shape index (κ2) is 5.44. The van der Waals surface area contributed by atoms with E-state index >= 15 is 0 Å². The Morgan fingerprint density at radius 2 is 2.12 bits per heavy atom. The smallest absolute Gasteiger partial charge is 0.341 e. The van der Waals surface area contributed by atoms with Crippen LogP contribution in [0.5, 0.6) is 5.75 Å². The van der Waals surface area contributed by atoms with Crippen molar-refractivity contribution in [3.63, 3.8) is 0 Å². The number of nitrogens with zero attached hydrogens (tertiary/aromatic N) is 1. The topological polar surface area (TPSA) is 94.6 Å². The molecule has 0 amide bonds. The number of hydrogen-bond acceptors (Lipinski definition) is 4. The van der Waals surface area contributed by atoms with Gasteiger partial charge in [-0.2, -0.15) is 0 Å². The van der Waals surface area contributed by atoms with Gasteiger partial charge in [-0.3, -0.25) is 4.79 Å². The molecule has 0 bridgehead atoms. The highest BCUT2D eigenvalue weighted by atomic mass is 35.5. The van der Waals surface area contributed by atoms with E-state index in [1.807, 2.05) is 13.8 Å². The molecular weight excluding hydrogens is 351 g/mol. The fourth-order valence-corrected chi connectivity index (χ4v) is 3.61. The molecule has 1 aliphatic carbocycles. The van der Waals surface area contributed by atoms with Gasteiger partial charge in [0.15, 0.2) is 5.75 Å². The van der Waals surface area contributed by atoms with Crippen LogP contribution in [0, 0.1) is 11.7 Å². The number of ether oxygens (including phenoxy) is 1. The summed E-state index contributed by atoms with van der Waals surface area (Å²) in [5, 5.41) is 9.27. The molecule has 3 atom stereocenters. The number of pyridine rings is 1. The summed E-state index contributed by atoms with van der Waals surface area (Å²) in [7, 11) is 0. The first-order valence-electron chi connectivity index (χ1n) is 7.82. The molecule has 25 heavy (non-hydrogen) atoms. The van der Waals surface area contributed by atoms with Crippen LogP contribution in [0.4, 0.5) is 4.39 Å². The van der Waals surface area contributed by atoms with Crippen molar-refractivity contribution >= 4 is 29.3 Å². The average Bonchev–Trinajstić information content (AvgIpc) is 3.11. The molecule has 8 heteroatoms. The quantitative estimate of drug-likeness (QED) is 0.848. The molecule has 0 spiro atoms. The van der Waals surface area contributed by atoms with E-state index in [1.165, 1.54) is 6.20 Å². The summed E-state index contributed by atoms with van der Waals surface area (Å²) >= 11 is 0. The van der Waals surface area contributed by atoms with E-state index < -0.39 is 22.8 Å². The van der Waals surface area contributed by atoms with E-state index in [1.54, 1.807) is 4.57 Å². The van der Waals surface area contributed by atoms with Crippen molar-refractivity contribution in [3.05, 3.63) is 39.4 Å². The third-order valence-electron chi connectivity index (χ3n) is 5.23. The van der Waals surface area contributed by atoms with Crippen molar-refractivity contribution in [2.24, 2.45) is 11.7 Å². The van der Waals surface area contributed by atoms with Crippen LogP contribution in [0.3, 0.4) is 0 Å². The number of carboxylic acids is 1. The minimum absolute atomic E-state index is 0. The minimum atomic E-state index is -1.33. The van der Waals surface area contributed by atoms with Crippen LogP contribution in [0.15, 0.2) is 17.1 Å². The van der Waals surface area contributed by atoms with Gasteiger partial charge in [-0.15, -0.1) is 12.4 Å². The molecule has 2 aliphatic rings. The molecule has 1 aromatic carbocycles. The van der Waals surface area contributed by atoms with Gasteiger partial charge in [0, 0.05) is 6.20 Å². The third-order valence-corrected chi connectivity index (χ3v) is 5.23. The molecule has 134 valence electrons. The maximum absolute atomic E-state index is 14.8. The van der Waals surface area contributed by atoms with E-state index in [0.717, 1.165) is 6.07 Å². The summed E-state index contributed by atoms with van der Waals surface area (Å²) < 4.78 is 22.2. The van der Waals surface area contributed by atoms with E-state index in [9.17, 15) is 19.1 Å². The number of aromatic carboxylic acids is 1. The Morgan fingerprint density at radius 3 is 2.68 bits per heavy atom. The fourth-order valence-electron chi connectivity index (χ4n) is 3.61. The van der Waals surface area contributed by atoms with Crippen LogP contribution in [-0.4, -0.2) is 22.2 Å². The zero-order valence-corrected chi connectivity index (χ0v) is 14.5. The highest BCUT2D eigenvalue weighted by Gasteiger charge is 2.53. The molecule has 2 heterocycles. The van der Waals surface area contributed by atoms with Crippen molar-refractivity contribution in [2.75, 3.05) is 6.61 Å². The molecule has 1 aromatic heterocycles. The summed E-state index contributed by atoms with van der Waals surface area (Å²) in [6, 6.07) is 0.919. The van der Waals surface area contributed by atoms with E-state index in [-0.39, 0.29) is 53.2 Å². The van der Waals surface area contributed by atoms with Gasteiger partial charge in [-0.1, -0.05) is 6.92 Å². The number of halogens is 2. The van der Waals surface area contributed by atoms with Gasteiger partial charge in [0.1, 0.15) is 18.0 Å². The summed E-state index contributed by atoms with van der Waals surface area (Å²) in [4.78, 5) is 23.8. The number of carboxylic acid groups (broad SMARTS) is 1.